The van der Waals surface area contributed by atoms with Crippen molar-refractivity contribution >= 4 is 102 Å². The number of hydrogen-bond acceptors (Lipinski definition) is 26. The van der Waals surface area contributed by atoms with E-state index in [1.54, 1.807) is 93.9 Å². The number of piperidine rings is 5. The van der Waals surface area contributed by atoms with Crippen molar-refractivity contribution in [3.63, 3.8) is 0 Å². The van der Waals surface area contributed by atoms with Crippen LogP contribution >= 0.6 is 46.4 Å². The molecule has 4 N–H and O–H groups in total. The Balaban J connectivity index is 0.000000133. The van der Waals surface area contributed by atoms with E-state index in [9.17, 15) is 30.0 Å². The van der Waals surface area contributed by atoms with Gasteiger partial charge in [-0.05, 0) is 267 Å². The van der Waals surface area contributed by atoms with Gasteiger partial charge in [-0.15, -0.1) is 15.3 Å². The van der Waals surface area contributed by atoms with E-state index in [1.807, 2.05) is 141 Å². The summed E-state index contributed by atoms with van der Waals surface area (Å²) in [5.74, 6) is 4.95. The number of pyridine rings is 5. The number of aliphatic hydroxyl groups is 4. The normalized spacial score (nSPS) is 18.9. The summed E-state index contributed by atoms with van der Waals surface area (Å²) in [5.41, 5.74) is 8.75. The Kier molecular flexibility index (Phi) is 33.4. The standard InChI is InChI=1S/C31H38ClN3O3.C28H33ClN6O2.C26H33ClN6O3.C26H34ClN5O3/c1-21-11-15-34(16-12-21)20-27-29(32)26-19-25(9-10-28(26)33-30(27)38-3)31(37,23-7-5-4-6-8-23)24-13-17-35(18-14-24)22(2)36;1-17-8-10-35(11-9-17)16-23-26(29)22-14-20(6-7-24(22)32-27(23)37-5)28(36,25-15-30-33-34(25)4)21-12-18(2)31-19(3)13-21;1-16-7-9-32(10-8-16)15-21-24(27)20-11-18(5-6-22(20)29-25(21)36-4)26(35,23-12-28-30-31(23)3)19-13-33(14-19)17(2)34;1-17-6-10-32(11-7-17)16-21-24(27)20-14-19(4-5-22(20)29-25(21)34-3)26(33,18-8-12-35-13-9-18)23-15-28-30-31(23)2/h4-10,19,21,24,37H,11-18,20H2,1-3H3;6-7,12-15,17,36H,8-11,16H2,1-5H3;5-6,11-12,16,19,35H,7-10,13-15H2,1-4H3;4-5,14-15,17-18,33H,6-13,16H2,1-3H3. The smallest absolute Gasteiger partial charge is 0.219 e. The van der Waals surface area contributed by atoms with Crippen molar-refractivity contribution in [2.24, 2.45) is 62.6 Å². The summed E-state index contributed by atoms with van der Waals surface area (Å²) in [4.78, 5) is 60.7. The van der Waals surface area contributed by atoms with Crippen LogP contribution in [0.5, 0.6) is 23.5 Å². The number of methoxy groups -OCH3 is 4. The molecule has 5 aromatic carbocycles. The predicted octanol–water partition coefficient (Wildman–Crippen LogP) is 17.1. The molecular formula is C111H138Cl4N20O11. The highest BCUT2D eigenvalue weighted by Crippen LogP contribution is 2.50. The average Bonchev–Trinajstić information content (AvgIpc) is 1.32. The van der Waals surface area contributed by atoms with E-state index in [0.29, 0.717) is 154 Å². The lowest BCUT2D eigenvalue weighted by Crippen LogP contribution is -2.58. The third kappa shape index (κ3) is 22.0. The Bertz CT molecular complexity index is 6780. The average molecular weight is 2070 g/mol. The molecule has 4 atom stereocenters. The molecule has 0 bridgehead atoms. The van der Waals surface area contributed by atoms with Gasteiger partial charge in [-0.2, -0.15) is 0 Å². The van der Waals surface area contributed by atoms with Crippen molar-refractivity contribution < 1.29 is 53.7 Å². The Morgan fingerprint density at radius 1 is 0.363 bits per heavy atom. The third-order valence-electron chi connectivity index (χ3n) is 31.7. The molecule has 0 saturated carbocycles. The second-order valence-corrected chi connectivity index (χ2v) is 43.0. The van der Waals surface area contributed by atoms with Crippen molar-refractivity contribution in [1.29, 1.82) is 0 Å². The predicted molar refractivity (Wildman–Crippen MR) is 566 cm³/mol. The molecule has 8 aromatic heterocycles. The van der Waals surface area contributed by atoms with Crippen LogP contribution in [-0.4, -0.2) is 252 Å². The molecule has 7 fully saturated rings. The Morgan fingerprint density at radius 2 is 0.671 bits per heavy atom. The molecule has 7 aliphatic heterocycles. The molecule has 0 spiro atoms. The van der Waals surface area contributed by atoms with Crippen LogP contribution in [0, 0.1) is 55.3 Å². The molecule has 4 unspecified atom stereocenters. The quantitative estimate of drug-likeness (QED) is 0.0436. The lowest BCUT2D eigenvalue weighted by Gasteiger charge is -2.47. The lowest BCUT2D eigenvalue weighted by atomic mass is 9.72. The number of likely N-dealkylation sites (tertiary alicyclic amines) is 6. The van der Waals surface area contributed by atoms with Crippen LogP contribution < -0.4 is 18.9 Å². The number of fused-ring (bicyclic) bond motifs is 4. The maximum Gasteiger partial charge on any atom is 0.219 e. The highest BCUT2D eigenvalue weighted by Gasteiger charge is 2.51. The van der Waals surface area contributed by atoms with E-state index in [2.05, 4.69) is 83.2 Å². The molecule has 776 valence electrons. The van der Waals surface area contributed by atoms with Crippen molar-refractivity contribution in [3.8, 4) is 23.5 Å². The summed E-state index contributed by atoms with van der Waals surface area (Å²) < 4.78 is 33.1. The molecule has 7 saturated heterocycles. The maximum absolute atomic E-state index is 12.5. The van der Waals surface area contributed by atoms with E-state index >= 15 is 0 Å². The maximum atomic E-state index is 12.5. The van der Waals surface area contributed by atoms with Gasteiger partial charge in [-0.1, -0.05) is 144 Å². The van der Waals surface area contributed by atoms with E-state index < -0.39 is 22.4 Å². The largest absolute Gasteiger partial charge is 0.481 e. The summed E-state index contributed by atoms with van der Waals surface area (Å²) >= 11 is 28.3. The molecule has 20 rings (SSSR count). The number of rotatable bonds is 24. The van der Waals surface area contributed by atoms with E-state index in [-0.39, 0.29) is 29.6 Å². The zero-order valence-electron chi connectivity index (χ0n) is 86.6. The first-order valence-electron chi connectivity index (χ1n) is 51.3. The van der Waals surface area contributed by atoms with Gasteiger partial charge in [0.25, 0.3) is 0 Å². The summed E-state index contributed by atoms with van der Waals surface area (Å²) in [6.07, 6.45) is 17.1. The SMILES string of the molecule is COc1nc2ccc(C(O)(c3cc(C)nc(C)c3)c3cnnn3C)cc2c(Cl)c1CN1CCC(C)CC1.COc1nc2ccc(C(O)(c3ccccc3)C3CCN(C(C)=O)CC3)cc2c(Cl)c1CN1CCC(C)CC1.COc1nc2ccc(C(O)(c3cnnn3C)C3CCOCC3)cc2c(Cl)c1CN1CCC(C)CC1.COc1nc2ccc(C(O)(c3cnnn3C)C3CN(C(C)=O)C3)cc2c(Cl)c1CN1CCC(C)CC1. The van der Waals surface area contributed by atoms with Crippen molar-refractivity contribution in [1.82, 2.24) is 99.3 Å². The fourth-order valence-electron chi connectivity index (χ4n) is 22.5. The lowest BCUT2D eigenvalue weighted by molar-refractivity contribution is -0.143. The summed E-state index contributed by atoms with van der Waals surface area (Å²) in [5, 5.41) is 79.4. The third-order valence-corrected chi connectivity index (χ3v) is 33.5. The van der Waals surface area contributed by atoms with Crippen LogP contribution in [0.1, 0.15) is 203 Å². The van der Waals surface area contributed by atoms with Crippen molar-refractivity contribution in [2.45, 2.75) is 181 Å². The molecule has 0 aliphatic carbocycles. The summed E-state index contributed by atoms with van der Waals surface area (Å²) in [7, 11) is 11.9. The number of carbonyl (C=O) groups excluding carboxylic acids is 2. The first kappa shape index (κ1) is 107. The molecule has 7 aliphatic rings. The highest BCUT2D eigenvalue weighted by atomic mass is 35.5. The van der Waals surface area contributed by atoms with Gasteiger partial charge in [0.2, 0.25) is 35.3 Å². The molecule has 15 heterocycles. The van der Waals surface area contributed by atoms with Crippen molar-refractivity contribution in [2.75, 3.05) is 120 Å². The molecular weight excluding hydrogens is 1930 g/mol. The van der Waals surface area contributed by atoms with E-state index in [0.717, 1.165) is 197 Å². The minimum Gasteiger partial charge on any atom is -0.481 e. The van der Waals surface area contributed by atoms with Gasteiger partial charge in [-0.25, -0.2) is 34.0 Å². The molecule has 2 amide bonds. The minimum atomic E-state index is -1.53. The minimum absolute atomic E-state index is 0.00803. The molecule has 13 aromatic rings. The van der Waals surface area contributed by atoms with Crippen LogP contribution in [-0.2, 0) is 84.1 Å². The number of hydrogen-bond donors (Lipinski definition) is 4. The number of aromatic nitrogens is 14. The fraction of sp³-hybridized carbons (Fsp3) is 0.505. The molecule has 146 heavy (non-hydrogen) atoms. The second kappa shape index (κ2) is 45.8. The van der Waals surface area contributed by atoms with Crippen LogP contribution in [0.3, 0.4) is 0 Å². The Labute approximate surface area is 874 Å². The van der Waals surface area contributed by atoms with E-state index in [1.165, 1.54) is 38.5 Å². The number of aryl methyl sites for hydroxylation is 5. The van der Waals surface area contributed by atoms with Crippen LogP contribution in [0.25, 0.3) is 43.6 Å². The van der Waals surface area contributed by atoms with Crippen LogP contribution in [0.2, 0.25) is 20.1 Å². The Morgan fingerprint density at radius 3 is 0.993 bits per heavy atom. The molecule has 31 nitrogen and oxygen atoms in total. The van der Waals surface area contributed by atoms with Gasteiger partial charge in [0.05, 0.1) is 106 Å². The van der Waals surface area contributed by atoms with Gasteiger partial charge >= 0.3 is 0 Å². The molecule has 0 radical (unpaired) electrons. The van der Waals surface area contributed by atoms with Crippen LogP contribution in [0.4, 0.5) is 0 Å². The van der Waals surface area contributed by atoms with Crippen molar-refractivity contribution in [3.05, 3.63) is 238 Å². The summed E-state index contributed by atoms with van der Waals surface area (Å²) in [6, 6.07) is 36.7. The monoisotopic (exact) mass is 2070 g/mol. The van der Waals surface area contributed by atoms with Gasteiger partial charge in [0.15, 0.2) is 5.60 Å². The number of nitrogens with zero attached hydrogens (tertiary/aromatic N) is 20. The second-order valence-electron chi connectivity index (χ2n) is 41.4. The van der Waals surface area contributed by atoms with Gasteiger partial charge in [0.1, 0.15) is 16.8 Å². The number of ether oxygens (including phenoxy) is 5. The zero-order chi connectivity index (χ0) is 103. The van der Waals surface area contributed by atoms with E-state index in [4.69, 9.17) is 90.0 Å². The topological polar surface area (TPSA) is 337 Å². The number of benzene rings is 5. The highest BCUT2D eigenvalue weighted by molar-refractivity contribution is 6.38. The Hall–Kier alpha value is -10.8. The number of amides is 2. The zero-order valence-corrected chi connectivity index (χ0v) is 89.6. The number of carbonyl (C=O) groups is 2. The fourth-order valence-corrected chi connectivity index (χ4v) is 23.7. The van der Waals surface area contributed by atoms with Gasteiger partial charge in [0, 0.05) is 168 Å². The number of halogens is 4. The first-order valence-corrected chi connectivity index (χ1v) is 52.8. The van der Waals surface area contributed by atoms with Gasteiger partial charge < -0.3 is 53.9 Å². The van der Waals surface area contributed by atoms with Crippen LogP contribution in [0.15, 0.2) is 134 Å². The van der Waals surface area contributed by atoms with Gasteiger partial charge in [-0.3, -0.25) is 34.2 Å². The first-order chi connectivity index (χ1) is 70.1. The summed E-state index contributed by atoms with van der Waals surface area (Å²) in [6.45, 7) is 30.5. The molecule has 35 heteroatoms.